The summed E-state index contributed by atoms with van der Waals surface area (Å²) in [6.07, 6.45) is 1.05. The molecule has 1 aromatic heterocycles. The van der Waals surface area contributed by atoms with E-state index in [-0.39, 0.29) is 11.7 Å². The number of aromatic nitrogens is 1. The Bertz CT molecular complexity index is 582. The van der Waals surface area contributed by atoms with Gasteiger partial charge >= 0.3 is 5.97 Å². The number of halogens is 1. The first-order chi connectivity index (χ1) is 8.60. The summed E-state index contributed by atoms with van der Waals surface area (Å²) in [4.78, 5) is 14.4. The van der Waals surface area contributed by atoms with Crippen LogP contribution < -0.4 is 10.1 Å². The van der Waals surface area contributed by atoms with E-state index in [2.05, 4.69) is 10.3 Å². The minimum atomic E-state index is -1.15. The van der Waals surface area contributed by atoms with Gasteiger partial charge in [0, 0.05) is 11.8 Å². The number of carboxylic acids is 1. The minimum absolute atomic E-state index is 0.0803. The van der Waals surface area contributed by atoms with Crippen molar-refractivity contribution in [2.24, 2.45) is 0 Å². The number of carboxylic acid groups (broad SMARTS) is 1. The predicted octanol–water partition coefficient (Wildman–Crippen LogP) is 2.78. The molecule has 1 heterocycles. The van der Waals surface area contributed by atoms with Gasteiger partial charge in [-0.2, -0.15) is 4.98 Å². The normalized spacial score (nSPS) is 10.1. The summed E-state index contributed by atoms with van der Waals surface area (Å²) < 4.78 is 10.0. The highest BCUT2D eigenvalue weighted by Crippen LogP contribution is 2.28. The van der Waals surface area contributed by atoms with Gasteiger partial charge in [0.25, 0.3) is 6.01 Å². The molecular formula is C11H9ClN2O4. The van der Waals surface area contributed by atoms with Crippen molar-refractivity contribution in [2.45, 2.75) is 0 Å². The number of hydrogen-bond donors (Lipinski definition) is 2. The summed E-state index contributed by atoms with van der Waals surface area (Å²) >= 11 is 5.88. The molecule has 0 radical (unpaired) electrons. The van der Waals surface area contributed by atoms with Crippen LogP contribution in [0.1, 0.15) is 10.5 Å². The lowest BCUT2D eigenvalue weighted by Gasteiger charge is -2.06. The second-order valence-electron chi connectivity index (χ2n) is 3.32. The average Bonchev–Trinajstić information content (AvgIpc) is 2.80. The molecule has 2 aromatic rings. The molecule has 7 heteroatoms. The van der Waals surface area contributed by atoms with Gasteiger partial charge in [-0.15, -0.1) is 0 Å². The quantitative estimate of drug-likeness (QED) is 0.887. The number of carbonyl (C=O) groups is 1. The van der Waals surface area contributed by atoms with Crippen molar-refractivity contribution < 1.29 is 19.1 Å². The van der Waals surface area contributed by atoms with Crippen LogP contribution in [0.15, 0.2) is 28.9 Å². The van der Waals surface area contributed by atoms with Crippen LogP contribution in [0.5, 0.6) is 5.75 Å². The molecule has 0 fully saturated rings. The van der Waals surface area contributed by atoms with Crippen molar-refractivity contribution in [3.63, 3.8) is 0 Å². The van der Waals surface area contributed by atoms with Gasteiger partial charge in [-0.05, 0) is 12.1 Å². The van der Waals surface area contributed by atoms with E-state index >= 15 is 0 Å². The third-order valence-electron chi connectivity index (χ3n) is 2.13. The van der Waals surface area contributed by atoms with Crippen LogP contribution in [-0.4, -0.2) is 23.2 Å². The first-order valence-electron chi connectivity index (χ1n) is 4.89. The van der Waals surface area contributed by atoms with Gasteiger partial charge in [0.15, 0.2) is 5.69 Å². The molecule has 0 aliphatic heterocycles. The number of benzene rings is 1. The first-order valence-corrected chi connectivity index (χ1v) is 5.27. The summed E-state index contributed by atoms with van der Waals surface area (Å²) in [6, 6.07) is 5.06. The van der Waals surface area contributed by atoms with Crippen LogP contribution in [0.2, 0.25) is 5.02 Å². The maximum absolute atomic E-state index is 10.6. The number of methoxy groups -OCH3 is 1. The van der Waals surface area contributed by atoms with Gasteiger partial charge in [-0.1, -0.05) is 11.6 Å². The van der Waals surface area contributed by atoms with E-state index in [4.69, 9.17) is 25.9 Å². The molecular weight excluding hydrogens is 260 g/mol. The second kappa shape index (κ2) is 4.97. The van der Waals surface area contributed by atoms with Crippen LogP contribution in [0, 0.1) is 0 Å². The SMILES string of the molecule is COc1cc(Nc2nc(C(=O)O)co2)ccc1Cl. The molecule has 0 atom stereocenters. The zero-order valence-electron chi connectivity index (χ0n) is 9.31. The summed E-state index contributed by atoms with van der Waals surface area (Å²) in [6.45, 7) is 0. The molecule has 0 amide bonds. The molecule has 1 aromatic carbocycles. The highest BCUT2D eigenvalue weighted by atomic mass is 35.5. The first kappa shape index (κ1) is 12.3. The molecule has 0 saturated carbocycles. The zero-order valence-corrected chi connectivity index (χ0v) is 10.1. The van der Waals surface area contributed by atoms with Crippen molar-refractivity contribution in [1.82, 2.24) is 4.98 Å². The van der Waals surface area contributed by atoms with Crippen molar-refractivity contribution in [3.05, 3.63) is 35.2 Å². The summed E-state index contributed by atoms with van der Waals surface area (Å²) in [5.74, 6) is -0.660. The Morgan fingerprint density at radius 2 is 2.33 bits per heavy atom. The zero-order chi connectivity index (χ0) is 13.1. The van der Waals surface area contributed by atoms with Crippen LogP contribution in [0.3, 0.4) is 0 Å². The number of nitrogens with one attached hydrogen (secondary N) is 1. The maximum atomic E-state index is 10.6. The van der Waals surface area contributed by atoms with E-state index in [9.17, 15) is 4.79 Å². The molecule has 0 unspecified atom stereocenters. The van der Waals surface area contributed by atoms with Crippen LogP contribution >= 0.6 is 11.6 Å². The fourth-order valence-corrected chi connectivity index (χ4v) is 1.49. The topological polar surface area (TPSA) is 84.6 Å². The molecule has 0 bridgehead atoms. The smallest absolute Gasteiger partial charge is 0.357 e. The predicted molar refractivity (Wildman–Crippen MR) is 64.7 cm³/mol. The Hall–Kier alpha value is -2.21. The Kier molecular flexibility index (Phi) is 3.38. The average molecular weight is 269 g/mol. The van der Waals surface area contributed by atoms with E-state index in [1.54, 1.807) is 18.2 Å². The number of nitrogens with zero attached hydrogens (tertiary/aromatic N) is 1. The Labute approximate surface area is 107 Å². The van der Waals surface area contributed by atoms with Crippen molar-refractivity contribution >= 4 is 29.3 Å². The highest BCUT2D eigenvalue weighted by Gasteiger charge is 2.11. The van der Waals surface area contributed by atoms with Crippen LogP contribution in [0.25, 0.3) is 0 Å². The number of oxazole rings is 1. The Morgan fingerprint density at radius 3 is 2.94 bits per heavy atom. The van der Waals surface area contributed by atoms with Gasteiger partial charge in [0.2, 0.25) is 0 Å². The number of anilines is 2. The van der Waals surface area contributed by atoms with Crippen LogP contribution in [0.4, 0.5) is 11.7 Å². The molecule has 0 saturated heterocycles. The molecule has 18 heavy (non-hydrogen) atoms. The van der Waals surface area contributed by atoms with Gasteiger partial charge in [-0.25, -0.2) is 4.79 Å². The van der Waals surface area contributed by atoms with E-state index in [1.165, 1.54) is 7.11 Å². The number of aromatic carboxylic acids is 1. The Balaban J connectivity index is 2.20. The minimum Gasteiger partial charge on any atom is -0.495 e. The molecule has 0 spiro atoms. The van der Waals surface area contributed by atoms with E-state index in [0.29, 0.717) is 16.5 Å². The second-order valence-corrected chi connectivity index (χ2v) is 3.72. The number of hydrogen-bond acceptors (Lipinski definition) is 5. The van der Waals surface area contributed by atoms with Crippen LogP contribution in [-0.2, 0) is 0 Å². The molecule has 94 valence electrons. The third kappa shape index (κ3) is 2.54. The van der Waals surface area contributed by atoms with Gasteiger partial charge in [0.05, 0.1) is 12.1 Å². The van der Waals surface area contributed by atoms with Crippen molar-refractivity contribution in [1.29, 1.82) is 0 Å². The summed E-state index contributed by atoms with van der Waals surface area (Å²) in [7, 11) is 1.50. The fraction of sp³-hybridized carbons (Fsp3) is 0.0909. The highest BCUT2D eigenvalue weighted by molar-refractivity contribution is 6.32. The molecule has 2 rings (SSSR count). The van der Waals surface area contributed by atoms with Crippen molar-refractivity contribution in [3.8, 4) is 5.75 Å². The Morgan fingerprint density at radius 1 is 1.56 bits per heavy atom. The van der Waals surface area contributed by atoms with Gasteiger partial charge in [-0.3, -0.25) is 0 Å². The van der Waals surface area contributed by atoms with E-state index in [0.717, 1.165) is 6.26 Å². The molecule has 0 aliphatic carbocycles. The molecule has 0 aliphatic rings. The molecule has 2 N–H and O–H groups in total. The fourth-order valence-electron chi connectivity index (χ4n) is 1.29. The number of rotatable bonds is 4. The van der Waals surface area contributed by atoms with E-state index < -0.39 is 5.97 Å². The van der Waals surface area contributed by atoms with Gasteiger partial charge < -0.3 is 19.6 Å². The standard InChI is InChI=1S/C11H9ClN2O4/c1-17-9-4-6(2-3-7(9)12)13-11-14-8(5-18-11)10(15)16/h2-5H,1H3,(H,13,14)(H,15,16). The largest absolute Gasteiger partial charge is 0.495 e. The van der Waals surface area contributed by atoms with Gasteiger partial charge in [0.1, 0.15) is 12.0 Å². The monoisotopic (exact) mass is 268 g/mol. The van der Waals surface area contributed by atoms with E-state index in [1.807, 2.05) is 0 Å². The summed E-state index contributed by atoms with van der Waals surface area (Å²) in [5.41, 5.74) is 0.452. The lowest BCUT2D eigenvalue weighted by molar-refractivity contribution is 0.0690. The lowest BCUT2D eigenvalue weighted by Crippen LogP contribution is -1.97. The maximum Gasteiger partial charge on any atom is 0.357 e. The summed E-state index contributed by atoms with van der Waals surface area (Å²) in [5, 5.41) is 12.0. The lowest BCUT2D eigenvalue weighted by atomic mass is 10.3. The molecule has 6 nitrogen and oxygen atoms in total. The number of ether oxygens (including phenoxy) is 1. The third-order valence-corrected chi connectivity index (χ3v) is 2.44. The van der Waals surface area contributed by atoms with Crippen molar-refractivity contribution in [2.75, 3.05) is 12.4 Å².